The Morgan fingerprint density at radius 2 is 1.80 bits per heavy atom. The Labute approximate surface area is 175 Å². The minimum absolute atomic E-state index is 0.0308. The van der Waals surface area contributed by atoms with Gasteiger partial charge in [0.25, 0.3) is 0 Å². The number of halogens is 3. The molecule has 1 amide bonds. The van der Waals surface area contributed by atoms with Gasteiger partial charge in [0, 0.05) is 24.9 Å². The van der Waals surface area contributed by atoms with Crippen molar-refractivity contribution in [1.82, 2.24) is 5.32 Å². The van der Waals surface area contributed by atoms with E-state index in [1.165, 1.54) is 13.2 Å². The van der Waals surface area contributed by atoms with Crippen molar-refractivity contribution in [3.05, 3.63) is 53.1 Å². The van der Waals surface area contributed by atoms with Crippen LogP contribution in [0.3, 0.4) is 0 Å². The first kappa shape index (κ1) is 23.7. The highest BCUT2D eigenvalue weighted by Crippen LogP contribution is 2.37. The molecule has 0 aliphatic heterocycles. The molecule has 0 fully saturated rings. The number of alkyl halides is 3. The van der Waals surface area contributed by atoms with E-state index in [4.69, 9.17) is 4.74 Å². The van der Waals surface area contributed by atoms with Crippen LogP contribution in [0, 0.1) is 0 Å². The fourth-order valence-electron chi connectivity index (χ4n) is 3.26. The molecule has 7 heteroatoms. The van der Waals surface area contributed by atoms with Gasteiger partial charge in [0.15, 0.2) is 0 Å². The summed E-state index contributed by atoms with van der Waals surface area (Å²) in [7, 11) is 1.49. The number of benzene rings is 2. The molecule has 0 aliphatic carbocycles. The molecule has 0 saturated heterocycles. The molecule has 2 N–H and O–H groups in total. The highest BCUT2D eigenvalue weighted by atomic mass is 19.4. The third-order valence-electron chi connectivity index (χ3n) is 4.58. The van der Waals surface area contributed by atoms with E-state index in [2.05, 4.69) is 5.32 Å². The lowest BCUT2D eigenvalue weighted by Crippen LogP contribution is -2.23. The number of methoxy groups -OCH3 is 1. The molecule has 30 heavy (non-hydrogen) atoms. The van der Waals surface area contributed by atoms with Crippen LogP contribution < -0.4 is 10.1 Å². The maximum atomic E-state index is 13.3. The molecule has 4 nitrogen and oxygen atoms in total. The van der Waals surface area contributed by atoms with E-state index in [1.54, 1.807) is 26.0 Å². The summed E-state index contributed by atoms with van der Waals surface area (Å²) in [5.41, 5.74) is 0.579. The Bertz CT molecular complexity index is 886. The Balaban J connectivity index is 2.55. The first-order valence-corrected chi connectivity index (χ1v) is 9.81. The molecule has 0 saturated carbocycles. The van der Waals surface area contributed by atoms with E-state index in [0.29, 0.717) is 41.7 Å². The van der Waals surface area contributed by atoms with Gasteiger partial charge in [-0.25, -0.2) is 0 Å². The number of ether oxygens (including phenoxy) is 1. The molecule has 0 radical (unpaired) electrons. The predicted molar refractivity (Wildman–Crippen MR) is 110 cm³/mol. The summed E-state index contributed by atoms with van der Waals surface area (Å²) < 4.78 is 45.3. The lowest BCUT2D eigenvalue weighted by Gasteiger charge is -2.20. The first-order valence-electron chi connectivity index (χ1n) is 9.81. The Hall–Kier alpha value is -2.54. The van der Waals surface area contributed by atoms with Gasteiger partial charge >= 0.3 is 6.18 Å². The van der Waals surface area contributed by atoms with E-state index >= 15 is 0 Å². The Kier molecular flexibility index (Phi) is 7.53. The van der Waals surface area contributed by atoms with Crippen molar-refractivity contribution in [3.8, 4) is 16.9 Å². The van der Waals surface area contributed by atoms with Gasteiger partial charge in [-0.05, 0) is 61.2 Å². The van der Waals surface area contributed by atoms with Crippen molar-refractivity contribution in [2.24, 2.45) is 0 Å². The fraction of sp³-hybridized carbons (Fsp3) is 0.435. The third kappa shape index (κ3) is 6.49. The molecular weight excluding hydrogens is 395 g/mol. The molecule has 0 atom stereocenters. The number of hydrogen-bond donors (Lipinski definition) is 2. The molecule has 0 bridgehead atoms. The first-order chi connectivity index (χ1) is 13.9. The van der Waals surface area contributed by atoms with Crippen molar-refractivity contribution in [2.75, 3.05) is 7.11 Å². The van der Waals surface area contributed by atoms with Crippen LogP contribution in [0.1, 0.15) is 50.3 Å². The van der Waals surface area contributed by atoms with E-state index in [1.807, 2.05) is 13.0 Å². The predicted octanol–water partition coefficient (Wildman–Crippen LogP) is 5.11. The standard InChI is InChI=1S/C23H28F3NO3/c1-5-6-21(28)27-14-16-12-17(23(24,25)26)8-9-18(16)19-11-15(13-22(2,3)29)7-10-20(19)30-4/h7-12,29H,5-6,13-14H2,1-4H3,(H,27,28). The van der Waals surface area contributed by atoms with Crippen LogP contribution in [0.2, 0.25) is 0 Å². The quantitative estimate of drug-likeness (QED) is 0.620. The molecule has 0 aliphatic rings. The number of carbonyl (C=O) groups is 1. The second-order valence-electron chi connectivity index (χ2n) is 7.92. The van der Waals surface area contributed by atoms with Crippen LogP contribution in [0.4, 0.5) is 13.2 Å². The second-order valence-corrected chi connectivity index (χ2v) is 7.92. The van der Waals surface area contributed by atoms with Crippen molar-refractivity contribution in [1.29, 1.82) is 0 Å². The molecule has 0 unspecified atom stereocenters. The highest BCUT2D eigenvalue weighted by Gasteiger charge is 2.31. The van der Waals surface area contributed by atoms with Gasteiger partial charge in [-0.1, -0.05) is 19.1 Å². The monoisotopic (exact) mass is 423 g/mol. The van der Waals surface area contributed by atoms with Gasteiger partial charge in [0.1, 0.15) is 5.75 Å². The fourth-order valence-corrected chi connectivity index (χ4v) is 3.26. The normalized spacial score (nSPS) is 12.0. The zero-order valence-electron chi connectivity index (χ0n) is 17.7. The number of hydrogen-bond acceptors (Lipinski definition) is 3. The maximum Gasteiger partial charge on any atom is 0.416 e. The van der Waals surface area contributed by atoms with Crippen LogP contribution in [-0.2, 0) is 23.9 Å². The number of amides is 1. The van der Waals surface area contributed by atoms with Crippen LogP contribution in [0.15, 0.2) is 36.4 Å². The van der Waals surface area contributed by atoms with E-state index < -0.39 is 17.3 Å². The highest BCUT2D eigenvalue weighted by molar-refractivity contribution is 5.78. The largest absolute Gasteiger partial charge is 0.496 e. The SMILES string of the molecule is CCCC(=O)NCc1cc(C(F)(F)F)ccc1-c1cc(CC(C)(C)O)ccc1OC. The molecule has 2 aromatic carbocycles. The summed E-state index contributed by atoms with van der Waals surface area (Å²) in [6, 6.07) is 8.83. The van der Waals surface area contributed by atoms with Gasteiger partial charge in [0.05, 0.1) is 18.3 Å². The molecule has 164 valence electrons. The van der Waals surface area contributed by atoms with Gasteiger partial charge in [0.2, 0.25) is 5.91 Å². The van der Waals surface area contributed by atoms with Crippen molar-refractivity contribution >= 4 is 5.91 Å². The third-order valence-corrected chi connectivity index (χ3v) is 4.58. The van der Waals surface area contributed by atoms with Crippen molar-refractivity contribution in [3.63, 3.8) is 0 Å². The summed E-state index contributed by atoms with van der Waals surface area (Å²) in [5, 5.41) is 12.8. The zero-order valence-corrected chi connectivity index (χ0v) is 17.7. The summed E-state index contributed by atoms with van der Waals surface area (Å²) in [5.74, 6) is 0.277. The van der Waals surface area contributed by atoms with Crippen LogP contribution in [0.5, 0.6) is 5.75 Å². The second kappa shape index (κ2) is 9.51. The molecule has 2 aromatic rings. The lowest BCUT2D eigenvalue weighted by atomic mass is 9.92. The minimum Gasteiger partial charge on any atom is -0.496 e. The minimum atomic E-state index is -4.49. The molecule has 0 aromatic heterocycles. The Morgan fingerprint density at radius 1 is 1.10 bits per heavy atom. The van der Waals surface area contributed by atoms with Crippen LogP contribution in [-0.4, -0.2) is 23.7 Å². The maximum absolute atomic E-state index is 13.3. The van der Waals surface area contributed by atoms with Crippen molar-refractivity contribution < 1.29 is 27.8 Å². The van der Waals surface area contributed by atoms with Gasteiger partial charge in [-0.2, -0.15) is 13.2 Å². The molecule has 2 rings (SSSR count). The molecule has 0 spiro atoms. The zero-order chi connectivity index (χ0) is 22.5. The Morgan fingerprint density at radius 3 is 2.37 bits per heavy atom. The summed E-state index contributed by atoms with van der Waals surface area (Å²) in [6.45, 7) is 5.19. The van der Waals surface area contributed by atoms with Crippen LogP contribution >= 0.6 is 0 Å². The average molecular weight is 423 g/mol. The average Bonchev–Trinajstić information content (AvgIpc) is 2.64. The van der Waals surface area contributed by atoms with Crippen LogP contribution in [0.25, 0.3) is 11.1 Å². The topological polar surface area (TPSA) is 58.6 Å². The van der Waals surface area contributed by atoms with E-state index in [0.717, 1.165) is 17.7 Å². The lowest BCUT2D eigenvalue weighted by molar-refractivity contribution is -0.137. The summed E-state index contributed by atoms with van der Waals surface area (Å²) in [4.78, 5) is 11.9. The number of carbonyl (C=O) groups excluding carboxylic acids is 1. The van der Waals surface area contributed by atoms with E-state index in [9.17, 15) is 23.1 Å². The molecule has 0 heterocycles. The summed E-state index contributed by atoms with van der Waals surface area (Å²) >= 11 is 0. The van der Waals surface area contributed by atoms with Gasteiger partial charge in [-0.15, -0.1) is 0 Å². The number of nitrogens with one attached hydrogen (secondary N) is 1. The van der Waals surface area contributed by atoms with Gasteiger partial charge in [-0.3, -0.25) is 4.79 Å². The van der Waals surface area contributed by atoms with E-state index in [-0.39, 0.29) is 12.5 Å². The van der Waals surface area contributed by atoms with Crippen molar-refractivity contribution in [2.45, 2.75) is 58.4 Å². The van der Waals surface area contributed by atoms with Gasteiger partial charge < -0.3 is 15.2 Å². The smallest absolute Gasteiger partial charge is 0.416 e. The number of aliphatic hydroxyl groups is 1. The summed E-state index contributed by atoms with van der Waals surface area (Å²) in [6.07, 6.45) is -3.17. The molecular formula is C23H28F3NO3. The number of rotatable bonds is 8.